The minimum atomic E-state index is -1.60. The van der Waals surface area contributed by atoms with Gasteiger partial charge in [0.2, 0.25) is 0 Å². The Hall–Kier alpha value is -2.37. The number of aliphatic hydroxyl groups is 3. The molecule has 6 atom stereocenters. The van der Waals surface area contributed by atoms with Crippen molar-refractivity contribution in [3.63, 3.8) is 0 Å². The fraction of sp³-hybridized carbons (Fsp3) is 0.609. The second kappa shape index (κ2) is 9.86. The third-order valence-electron chi connectivity index (χ3n) is 6.39. The average molecular weight is 468 g/mol. The van der Waals surface area contributed by atoms with Gasteiger partial charge >= 0.3 is 5.97 Å². The van der Waals surface area contributed by atoms with Gasteiger partial charge in [-0.1, -0.05) is 11.6 Å². The van der Waals surface area contributed by atoms with Crippen LogP contribution >= 0.6 is 0 Å². The van der Waals surface area contributed by atoms with Crippen molar-refractivity contribution < 1.29 is 49.6 Å². The zero-order chi connectivity index (χ0) is 24.5. The van der Waals surface area contributed by atoms with Crippen LogP contribution in [0.5, 0.6) is 17.2 Å². The van der Waals surface area contributed by atoms with Crippen LogP contribution in [0, 0.1) is 5.92 Å². The summed E-state index contributed by atoms with van der Waals surface area (Å²) >= 11 is 0. The molecule has 0 aromatic heterocycles. The molecule has 1 saturated heterocycles. The monoisotopic (exact) mass is 468 g/mol. The number of hydrogen-bond acceptors (Lipinski definition) is 10. The van der Waals surface area contributed by atoms with E-state index in [9.17, 15) is 35.4 Å². The highest BCUT2D eigenvalue weighted by Gasteiger charge is 2.47. The molecule has 33 heavy (non-hydrogen) atoms. The summed E-state index contributed by atoms with van der Waals surface area (Å²) in [5.41, 5.74) is 0.364. The Morgan fingerprint density at radius 1 is 1.09 bits per heavy atom. The molecule has 1 aliphatic carbocycles. The lowest BCUT2D eigenvalue weighted by atomic mass is 9.79. The molecule has 0 bridgehead atoms. The van der Waals surface area contributed by atoms with Crippen LogP contribution in [0.2, 0.25) is 0 Å². The quantitative estimate of drug-likeness (QED) is 0.204. The van der Waals surface area contributed by atoms with E-state index in [4.69, 9.17) is 14.2 Å². The highest BCUT2D eigenvalue weighted by atomic mass is 16.7. The molecule has 1 fully saturated rings. The van der Waals surface area contributed by atoms with Crippen LogP contribution in [0.15, 0.2) is 23.8 Å². The fourth-order valence-electron chi connectivity index (χ4n) is 4.11. The predicted molar refractivity (Wildman–Crippen MR) is 115 cm³/mol. The number of allylic oxidation sites excluding steroid dienone is 2. The lowest BCUT2D eigenvalue weighted by molar-refractivity contribution is -0.328. The van der Waals surface area contributed by atoms with Crippen molar-refractivity contribution in [2.24, 2.45) is 5.92 Å². The molecule has 1 aromatic rings. The summed E-state index contributed by atoms with van der Waals surface area (Å²) in [6, 6.07) is 1.81. The molecule has 1 heterocycles. The topological polar surface area (TPSA) is 166 Å². The molecule has 10 heteroatoms. The van der Waals surface area contributed by atoms with Crippen molar-refractivity contribution in [2.45, 2.75) is 76.3 Å². The van der Waals surface area contributed by atoms with E-state index in [0.29, 0.717) is 0 Å². The summed E-state index contributed by atoms with van der Waals surface area (Å²) in [6.07, 6.45) is -2.35. The molecule has 0 amide bonds. The molecule has 0 unspecified atom stereocenters. The Morgan fingerprint density at radius 2 is 1.73 bits per heavy atom. The molecule has 10 nitrogen and oxygen atoms in total. The lowest BCUT2D eigenvalue weighted by Gasteiger charge is -2.45. The number of esters is 1. The van der Waals surface area contributed by atoms with Gasteiger partial charge in [0.15, 0.2) is 23.5 Å². The van der Waals surface area contributed by atoms with E-state index >= 15 is 0 Å². The number of phenols is 3. The van der Waals surface area contributed by atoms with E-state index in [1.165, 1.54) is 5.57 Å². The Balaban J connectivity index is 1.66. The van der Waals surface area contributed by atoms with Gasteiger partial charge in [-0.05, 0) is 58.1 Å². The van der Waals surface area contributed by atoms with E-state index in [2.05, 4.69) is 13.0 Å². The van der Waals surface area contributed by atoms with Crippen molar-refractivity contribution in [1.29, 1.82) is 0 Å². The van der Waals surface area contributed by atoms with E-state index < -0.39 is 66.1 Å². The van der Waals surface area contributed by atoms with Crippen LogP contribution in [-0.2, 0) is 14.2 Å². The van der Waals surface area contributed by atoms with Crippen LogP contribution in [0.1, 0.15) is 50.4 Å². The van der Waals surface area contributed by atoms with Gasteiger partial charge in [0.1, 0.15) is 31.0 Å². The van der Waals surface area contributed by atoms with Gasteiger partial charge in [-0.15, -0.1) is 0 Å². The number of carbonyl (C=O) groups excluding carboxylic acids is 1. The second-order valence-corrected chi connectivity index (χ2v) is 9.22. The van der Waals surface area contributed by atoms with Crippen LogP contribution in [0.4, 0.5) is 0 Å². The number of ether oxygens (including phenoxy) is 3. The van der Waals surface area contributed by atoms with Gasteiger partial charge in [-0.3, -0.25) is 0 Å². The van der Waals surface area contributed by atoms with Crippen LogP contribution in [0.25, 0.3) is 0 Å². The largest absolute Gasteiger partial charge is 0.504 e. The maximum atomic E-state index is 12.3. The standard InChI is InChI=1S/C23H32O10/c1-11-4-6-13(7-5-11)23(2,3)33-22-20(29)19(28)18(27)16(32-22)10-31-21(30)12-8-14(24)17(26)15(25)9-12/h4,8-9,13,16,18-20,22,24-29H,5-7,10H2,1-3H3/t13-,16-,18-,19+,20-,22-/m1/s1. The number of aliphatic hydroxyl groups excluding tert-OH is 3. The first-order valence-electron chi connectivity index (χ1n) is 10.9. The third kappa shape index (κ3) is 5.59. The highest BCUT2D eigenvalue weighted by Crippen LogP contribution is 2.37. The first-order valence-corrected chi connectivity index (χ1v) is 10.9. The van der Waals surface area contributed by atoms with Gasteiger partial charge in [-0.2, -0.15) is 0 Å². The van der Waals surface area contributed by atoms with Gasteiger partial charge in [0.25, 0.3) is 0 Å². The van der Waals surface area contributed by atoms with E-state index in [1.807, 2.05) is 13.8 Å². The second-order valence-electron chi connectivity index (χ2n) is 9.22. The van der Waals surface area contributed by atoms with E-state index in [0.717, 1.165) is 31.4 Å². The normalized spacial score (nSPS) is 30.5. The Bertz CT molecular complexity index is 872. The molecule has 0 spiro atoms. The molecule has 1 aliphatic heterocycles. The average Bonchev–Trinajstić information content (AvgIpc) is 2.76. The smallest absolute Gasteiger partial charge is 0.338 e. The predicted octanol–water partition coefficient (Wildman–Crippen LogP) is 1.31. The lowest BCUT2D eigenvalue weighted by Crippen LogP contribution is -2.61. The minimum Gasteiger partial charge on any atom is -0.504 e. The van der Waals surface area contributed by atoms with Gasteiger partial charge in [0, 0.05) is 0 Å². The van der Waals surface area contributed by atoms with E-state index in [1.54, 1.807) is 0 Å². The summed E-state index contributed by atoms with van der Waals surface area (Å²) in [4.78, 5) is 12.3. The molecular weight excluding hydrogens is 436 g/mol. The molecule has 0 saturated carbocycles. The number of benzene rings is 1. The maximum absolute atomic E-state index is 12.3. The van der Waals surface area contributed by atoms with Gasteiger partial charge < -0.3 is 44.8 Å². The molecule has 2 aliphatic rings. The summed E-state index contributed by atoms with van der Waals surface area (Å²) in [7, 11) is 0. The summed E-state index contributed by atoms with van der Waals surface area (Å²) in [5, 5.41) is 59.5. The number of carbonyl (C=O) groups is 1. The van der Waals surface area contributed by atoms with Gasteiger partial charge in [-0.25, -0.2) is 4.79 Å². The molecule has 6 N–H and O–H groups in total. The number of rotatable bonds is 6. The Kier molecular flexibility index (Phi) is 7.55. The first kappa shape index (κ1) is 25.3. The third-order valence-corrected chi connectivity index (χ3v) is 6.39. The van der Waals surface area contributed by atoms with Crippen molar-refractivity contribution in [1.82, 2.24) is 0 Å². The number of hydrogen-bond donors (Lipinski definition) is 6. The number of aromatic hydroxyl groups is 3. The molecule has 0 radical (unpaired) electrons. The SMILES string of the molecule is CC1=CC[C@@H](C(C)(C)O[C@H]2O[C@H](COC(=O)c3cc(O)c(O)c(O)c3)[C@@H](O)[C@H](O)[C@H]2O)CC1. The first-order chi connectivity index (χ1) is 15.4. The fourth-order valence-corrected chi connectivity index (χ4v) is 4.11. The Morgan fingerprint density at radius 3 is 2.30 bits per heavy atom. The molecule has 1 aromatic carbocycles. The summed E-state index contributed by atoms with van der Waals surface area (Å²) in [6.45, 7) is 5.32. The summed E-state index contributed by atoms with van der Waals surface area (Å²) in [5.74, 6) is -3.01. The van der Waals surface area contributed by atoms with Crippen molar-refractivity contribution in [3.8, 4) is 17.2 Å². The molecular formula is C23H32O10. The number of phenolic OH excluding ortho intramolecular Hbond substituents is 3. The maximum Gasteiger partial charge on any atom is 0.338 e. The highest BCUT2D eigenvalue weighted by molar-refractivity contribution is 5.91. The summed E-state index contributed by atoms with van der Waals surface area (Å²) < 4.78 is 16.8. The van der Waals surface area contributed by atoms with Crippen molar-refractivity contribution >= 4 is 5.97 Å². The molecule has 3 rings (SSSR count). The minimum absolute atomic E-state index is 0.159. The zero-order valence-corrected chi connectivity index (χ0v) is 18.8. The Labute approximate surface area is 191 Å². The van der Waals surface area contributed by atoms with Crippen molar-refractivity contribution in [3.05, 3.63) is 29.3 Å². The van der Waals surface area contributed by atoms with Gasteiger partial charge in [0.05, 0.1) is 11.2 Å². The van der Waals surface area contributed by atoms with E-state index in [-0.39, 0.29) is 11.5 Å². The van der Waals surface area contributed by atoms with Crippen LogP contribution < -0.4 is 0 Å². The van der Waals surface area contributed by atoms with Crippen LogP contribution in [-0.4, -0.2) is 79.5 Å². The molecule has 184 valence electrons. The van der Waals surface area contributed by atoms with Crippen molar-refractivity contribution in [2.75, 3.05) is 6.61 Å². The zero-order valence-electron chi connectivity index (χ0n) is 18.8. The van der Waals surface area contributed by atoms with Crippen LogP contribution in [0.3, 0.4) is 0 Å².